The molecule has 0 unspecified atom stereocenters. The van der Waals surface area contributed by atoms with E-state index in [0.717, 1.165) is 16.8 Å². The van der Waals surface area contributed by atoms with E-state index in [4.69, 9.17) is 4.74 Å². The van der Waals surface area contributed by atoms with E-state index >= 15 is 0 Å². The Bertz CT molecular complexity index is 1040. The molecule has 31 heavy (non-hydrogen) atoms. The number of fused-ring (bicyclic) bond motifs is 3. The highest BCUT2D eigenvalue weighted by atomic mass is 16.5. The van der Waals surface area contributed by atoms with E-state index in [1.54, 1.807) is 20.3 Å². The lowest BCUT2D eigenvalue weighted by atomic mass is 9.98. The summed E-state index contributed by atoms with van der Waals surface area (Å²) in [7, 11) is 3.32. The lowest BCUT2D eigenvalue weighted by Crippen LogP contribution is -2.48. The zero-order valence-electron chi connectivity index (χ0n) is 17.6. The van der Waals surface area contributed by atoms with Gasteiger partial charge < -0.3 is 15.0 Å². The molecule has 2 aromatic carbocycles. The highest BCUT2D eigenvalue weighted by Crippen LogP contribution is 2.44. The predicted octanol–water partition coefficient (Wildman–Crippen LogP) is 3.62. The largest absolute Gasteiger partial charge is 0.449 e. The molecule has 3 aromatic rings. The topological polar surface area (TPSA) is 71.5 Å². The molecule has 0 fully saturated rings. The van der Waals surface area contributed by atoms with Crippen LogP contribution in [-0.2, 0) is 16.0 Å². The molecule has 1 heterocycles. The number of carbonyl (C=O) groups excluding carboxylic acids is 2. The molecule has 1 N–H and O–H groups in total. The van der Waals surface area contributed by atoms with Crippen LogP contribution in [0.5, 0.6) is 0 Å². The second kappa shape index (κ2) is 9.00. The van der Waals surface area contributed by atoms with Crippen molar-refractivity contribution in [3.63, 3.8) is 0 Å². The molecule has 0 saturated heterocycles. The first-order valence-electron chi connectivity index (χ1n) is 10.3. The minimum absolute atomic E-state index is 0.0306. The smallest absolute Gasteiger partial charge is 0.407 e. The standard InChI is InChI=1S/C25H25N3O3/c1-28(2)24(29)23(15-17-9-7-8-14-26-17)27-25(30)31-16-22-20-12-5-3-10-18(20)19-11-4-6-13-21(19)22/h3-14,22-23H,15-16H2,1-2H3,(H,27,30)/t23-/m0/s1. The van der Waals surface area contributed by atoms with Crippen molar-refractivity contribution in [2.24, 2.45) is 0 Å². The number of alkyl carbamates (subject to hydrolysis) is 1. The summed E-state index contributed by atoms with van der Waals surface area (Å²) in [6.07, 6.45) is 1.35. The summed E-state index contributed by atoms with van der Waals surface area (Å²) >= 11 is 0. The monoisotopic (exact) mass is 415 g/mol. The number of hydrogen-bond donors (Lipinski definition) is 1. The zero-order chi connectivity index (χ0) is 21.8. The number of aromatic nitrogens is 1. The fourth-order valence-electron chi connectivity index (χ4n) is 4.02. The Morgan fingerprint density at radius 3 is 2.16 bits per heavy atom. The molecule has 1 aliphatic rings. The normalized spacial score (nSPS) is 13.1. The Labute approximate surface area is 181 Å². The highest BCUT2D eigenvalue weighted by Gasteiger charge is 2.30. The second-order valence-electron chi connectivity index (χ2n) is 7.78. The van der Waals surface area contributed by atoms with Crippen molar-refractivity contribution in [2.45, 2.75) is 18.4 Å². The SMILES string of the molecule is CN(C)C(=O)[C@H](Cc1ccccn1)NC(=O)OCC1c2ccccc2-c2ccccc21. The van der Waals surface area contributed by atoms with E-state index in [0.29, 0.717) is 6.42 Å². The van der Waals surface area contributed by atoms with E-state index in [-0.39, 0.29) is 18.4 Å². The number of pyridine rings is 1. The van der Waals surface area contributed by atoms with E-state index < -0.39 is 12.1 Å². The molecule has 158 valence electrons. The van der Waals surface area contributed by atoms with Crippen LogP contribution in [0.25, 0.3) is 11.1 Å². The first-order chi connectivity index (χ1) is 15.0. The van der Waals surface area contributed by atoms with Gasteiger partial charge in [0.05, 0.1) is 0 Å². The van der Waals surface area contributed by atoms with Crippen molar-refractivity contribution < 1.29 is 14.3 Å². The fourth-order valence-corrected chi connectivity index (χ4v) is 4.02. The summed E-state index contributed by atoms with van der Waals surface area (Å²) in [6, 6.07) is 21.1. The van der Waals surface area contributed by atoms with Crippen LogP contribution in [0.15, 0.2) is 72.9 Å². The number of ether oxygens (including phenoxy) is 1. The van der Waals surface area contributed by atoms with Gasteiger partial charge in [0.25, 0.3) is 0 Å². The molecule has 1 aromatic heterocycles. The molecular weight excluding hydrogens is 390 g/mol. The summed E-state index contributed by atoms with van der Waals surface area (Å²) in [5.74, 6) is -0.240. The maximum atomic E-state index is 12.6. The van der Waals surface area contributed by atoms with Crippen molar-refractivity contribution in [1.82, 2.24) is 15.2 Å². The lowest BCUT2D eigenvalue weighted by molar-refractivity contribution is -0.130. The van der Waals surface area contributed by atoms with Gasteiger partial charge in [-0.25, -0.2) is 4.79 Å². The number of hydrogen-bond acceptors (Lipinski definition) is 4. The second-order valence-corrected chi connectivity index (χ2v) is 7.78. The summed E-state index contributed by atoms with van der Waals surface area (Å²) in [5, 5.41) is 2.73. The molecule has 6 nitrogen and oxygen atoms in total. The van der Waals surface area contributed by atoms with Gasteiger partial charge >= 0.3 is 6.09 Å². The van der Waals surface area contributed by atoms with Crippen molar-refractivity contribution in [3.05, 3.63) is 89.7 Å². The van der Waals surface area contributed by atoms with Gasteiger partial charge in [-0.1, -0.05) is 54.6 Å². The number of nitrogens with zero attached hydrogens (tertiary/aromatic N) is 2. The third-order valence-electron chi connectivity index (χ3n) is 5.51. The molecule has 0 spiro atoms. The number of benzene rings is 2. The van der Waals surface area contributed by atoms with Gasteiger partial charge in [0, 0.05) is 38.3 Å². The van der Waals surface area contributed by atoms with Crippen molar-refractivity contribution >= 4 is 12.0 Å². The van der Waals surface area contributed by atoms with Gasteiger partial charge in [-0.2, -0.15) is 0 Å². The van der Waals surface area contributed by atoms with Gasteiger partial charge in [-0.3, -0.25) is 9.78 Å². The Morgan fingerprint density at radius 2 is 1.58 bits per heavy atom. The Balaban J connectivity index is 1.46. The summed E-state index contributed by atoms with van der Waals surface area (Å²) in [5.41, 5.74) is 5.35. The van der Waals surface area contributed by atoms with Gasteiger partial charge in [-0.15, -0.1) is 0 Å². The number of rotatable bonds is 6. The lowest BCUT2D eigenvalue weighted by Gasteiger charge is -2.22. The molecule has 0 aliphatic heterocycles. The Kier molecular flexibility index (Phi) is 5.98. The van der Waals surface area contributed by atoms with Crippen molar-refractivity contribution in [1.29, 1.82) is 0 Å². The Hall–Kier alpha value is -3.67. The molecule has 1 atom stereocenters. The van der Waals surface area contributed by atoms with Crippen LogP contribution in [0.3, 0.4) is 0 Å². The number of carbonyl (C=O) groups is 2. The number of likely N-dealkylation sites (N-methyl/N-ethyl adjacent to an activating group) is 1. The zero-order valence-corrected chi connectivity index (χ0v) is 17.6. The van der Waals surface area contributed by atoms with E-state index in [2.05, 4.69) is 34.6 Å². The van der Waals surface area contributed by atoms with Crippen LogP contribution < -0.4 is 5.32 Å². The third-order valence-corrected chi connectivity index (χ3v) is 5.51. The molecule has 4 rings (SSSR count). The summed E-state index contributed by atoms with van der Waals surface area (Å²) in [4.78, 5) is 30.9. The van der Waals surface area contributed by atoms with E-state index in [9.17, 15) is 9.59 Å². The van der Waals surface area contributed by atoms with Crippen LogP contribution in [0.1, 0.15) is 22.7 Å². The van der Waals surface area contributed by atoms with Crippen LogP contribution in [0.2, 0.25) is 0 Å². The van der Waals surface area contributed by atoms with Crippen LogP contribution >= 0.6 is 0 Å². The minimum Gasteiger partial charge on any atom is -0.449 e. The predicted molar refractivity (Wildman–Crippen MR) is 119 cm³/mol. The fraction of sp³-hybridized carbons (Fsp3) is 0.240. The molecule has 0 bridgehead atoms. The highest BCUT2D eigenvalue weighted by molar-refractivity contribution is 5.85. The number of amides is 2. The molecule has 2 amide bonds. The number of nitrogens with one attached hydrogen (secondary N) is 1. The maximum absolute atomic E-state index is 12.6. The Morgan fingerprint density at radius 1 is 0.968 bits per heavy atom. The third kappa shape index (κ3) is 4.43. The van der Waals surface area contributed by atoms with Crippen LogP contribution in [0, 0.1) is 0 Å². The van der Waals surface area contributed by atoms with Crippen LogP contribution in [0.4, 0.5) is 4.79 Å². The van der Waals surface area contributed by atoms with Gasteiger partial charge in [0.1, 0.15) is 12.6 Å². The maximum Gasteiger partial charge on any atom is 0.407 e. The summed E-state index contributed by atoms with van der Waals surface area (Å²) < 4.78 is 5.60. The molecule has 1 aliphatic carbocycles. The first-order valence-corrected chi connectivity index (χ1v) is 10.3. The van der Waals surface area contributed by atoms with Crippen molar-refractivity contribution in [3.8, 4) is 11.1 Å². The first kappa shape index (κ1) is 20.6. The van der Waals surface area contributed by atoms with Gasteiger partial charge in [0.2, 0.25) is 5.91 Å². The molecule has 6 heteroatoms. The van der Waals surface area contributed by atoms with E-state index in [1.165, 1.54) is 16.0 Å². The van der Waals surface area contributed by atoms with Gasteiger partial charge in [-0.05, 0) is 34.4 Å². The van der Waals surface area contributed by atoms with Crippen LogP contribution in [-0.4, -0.2) is 48.6 Å². The van der Waals surface area contributed by atoms with Gasteiger partial charge in [0.15, 0.2) is 0 Å². The summed E-state index contributed by atoms with van der Waals surface area (Å²) in [6.45, 7) is 0.201. The molecular formula is C25H25N3O3. The average molecular weight is 415 g/mol. The van der Waals surface area contributed by atoms with E-state index in [1.807, 2.05) is 42.5 Å². The quantitative estimate of drug-likeness (QED) is 0.668. The molecule has 0 saturated carbocycles. The minimum atomic E-state index is -0.749. The molecule has 0 radical (unpaired) electrons. The average Bonchev–Trinajstić information content (AvgIpc) is 3.11. The van der Waals surface area contributed by atoms with Crippen molar-refractivity contribution in [2.75, 3.05) is 20.7 Å².